The van der Waals surface area contributed by atoms with E-state index >= 15 is 0 Å². The van der Waals surface area contributed by atoms with Gasteiger partial charge in [0.05, 0.1) is 27.9 Å². The van der Waals surface area contributed by atoms with Crippen molar-refractivity contribution in [3.05, 3.63) is 92.7 Å². The summed E-state index contributed by atoms with van der Waals surface area (Å²) in [5, 5.41) is 1.58. The summed E-state index contributed by atoms with van der Waals surface area (Å²) in [5.41, 5.74) is -1.90. The highest BCUT2D eigenvalue weighted by molar-refractivity contribution is 6.42. The normalized spacial score (nSPS) is 14.9. The zero-order valence-electron chi connectivity index (χ0n) is 20.4. The minimum Gasteiger partial charge on any atom is -0.490 e. The van der Waals surface area contributed by atoms with Crippen LogP contribution in [0.4, 0.5) is 28.0 Å². The van der Waals surface area contributed by atoms with Crippen molar-refractivity contribution in [2.45, 2.75) is 19.7 Å². The van der Waals surface area contributed by atoms with Gasteiger partial charge in [-0.15, -0.1) is 0 Å². The van der Waals surface area contributed by atoms with Gasteiger partial charge in [0.1, 0.15) is 18.0 Å². The van der Waals surface area contributed by atoms with Gasteiger partial charge < -0.3 is 9.47 Å². The standard InChI is InChI=1S/C27H18Cl2F4N2O5/c1-2-39-22-11-14(10-19(29)23(22)40-13-15-5-3-4-6-20(15)30)9-17-24(36)34-26(38)35(25(17)37)21-12-16(27(31,32)33)7-8-18(21)28/h3-12H,2,13H2,1H3,(H,34,36,38)/b17-9-. The fraction of sp³-hybridized carbons (Fsp3) is 0.148. The van der Waals surface area contributed by atoms with E-state index in [2.05, 4.69) is 0 Å². The van der Waals surface area contributed by atoms with Gasteiger partial charge in [-0.1, -0.05) is 41.4 Å². The first-order valence-corrected chi connectivity index (χ1v) is 12.3. The average Bonchev–Trinajstić information content (AvgIpc) is 2.87. The van der Waals surface area contributed by atoms with Crippen molar-refractivity contribution in [2.24, 2.45) is 0 Å². The number of barbiturate groups is 1. The number of ether oxygens (including phenoxy) is 2. The molecule has 3 aromatic rings. The Balaban J connectivity index is 1.70. The van der Waals surface area contributed by atoms with Crippen LogP contribution in [0.1, 0.15) is 23.6 Å². The van der Waals surface area contributed by atoms with Crippen LogP contribution < -0.4 is 19.7 Å². The Labute approximate surface area is 234 Å². The third-order valence-electron chi connectivity index (χ3n) is 5.59. The molecule has 0 spiro atoms. The van der Waals surface area contributed by atoms with Crippen LogP contribution in [-0.2, 0) is 22.4 Å². The Morgan fingerprint density at radius 3 is 2.38 bits per heavy atom. The summed E-state index contributed by atoms with van der Waals surface area (Å²) in [7, 11) is 0. The Kier molecular flexibility index (Phi) is 8.36. The minimum atomic E-state index is -4.79. The van der Waals surface area contributed by atoms with Gasteiger partial charge in [0.2, 0.25) is 0 Å². The zero-order chi connectivity index (χ0) is 29.2. The molecule has 0 radical (unpaired) electrons. The van der Waals surface area contributed by atoms with Crippen molar-refractivity contribution in [1.82, 2.24) is 5.32 Å². The fourth-order valence-corrected chi connectivity index (χ4v) is 4.22. The Morgan fingerprint density at radius 1 is 0.975 bits per heavy atom. The number of amides is 4. The highest BCUT2D eigenvalue weighted by atomic mass is 35.5. The van der Waals surface area contributed by atoms with E-state index < -0.39 is 46.7 Å². The molecule has 1 fully saturated rings. The molecule has 0 aromatic heterocycles. The number of carbonyl (C=O) groups excluding carboxylic acids is 3. The second kappa shape index (κ2) is 11.6. The fourth-order valence-electron chi connectivity index (χ4n) is 3.74. The molecular weight excluding hydrogens is 579 g/mol. The molecule has 0 aliphatic carbocycles. The molecule has 3 aromatic carbocycles. The van der Waals surface area contributed by atoms with Crippen LogP contribution in [0.5, 0.6) is 11.5 Å². The van der Waals surface area contributed by atoms with Crippen LogP contribution in [0.2, 0.25) is 10.0 Å². The van der Waals surface area contributed by atoms with E-state index in [-0.39, 0.29) is 45.9 Å². The summed E-state index contributed by atoms with van der Waals surface area (Å²) >= 11 is 12.4. The molecule has 1 saturated heterocycles. The molecular formula is C27H18Cl2F4N2O5. The summed E-state index contributed by atoms with van der Waals surface area (Å²) in [6.07, 6.45) is -3.71. The highest BCUT2D eigenvalue weighted by Crippen LogP contribution is 2.39. The van der Waals surface area contributed by atoms with Crippen molar-refractivity contribution in [3.8, 4) is 11.5 Å². The number of halogens is 6. The number of benzene rings is 3. The number of hydrogen-bond acceptors (Lipinski definition) is 5. The predicted molar refractivity (Wildman–Crippen MR) is 139 cm³/mol. The molecule has 1 N–H and O–H groups in total. The molecule has 0 unspecified atom stereocenters. The van der Waals surface area contributed by atoms with Crippen LogP contribution in [0.15, 0.2) is 60.2 Å². The van der Waals surface area contributed by atoms with Crippen LogP contribution in [-0.4, -0.2) is 24.5 Å². The van der Waals surface area contributed by atoms with Crippen molar-refractivity contribution < 1.29 is 41.4 Å². The van der Waals surface area contributed by atoms with Crippen molar-refractivity contribution in [2.75, 3.05) is 11.5 Å². The van der Waals surface area contributed by atoms with Gasteiger partial charge >= 0.3 is 12.2 Å². The number of imide groups is 2. The van der Waals surface area contributed by atoms with Crippen LogP contribution in [0, 0.1) is 5.82 Å². The van der Waals surface area contributed by atoms with Crippen LogP contribution in [0.3, 0.4) is 0 Å². The second-order valence-electron chi connectivity index (χ2n) is 8.26. The molecule has 13 heteroatoms. The third-order valence-corrected chi connectivity index (χ3v) is 6.19. The average molecular weight is 597 g/mol. The van der Waals surface area contributed by atoms with E-state index in [0.717, 1.165) is 12.1 Å². The molecule has 0 atom stereocenters. The van der Waals surface area contributed by atoms with E-state index in [4.69, 9.17) is 32.7 Å². The Bertz CT molecular complexity index is 1540. The van der Waals surface area contributed by atoms with Crippen molar-refractivity contribution in [3.63, 3.8) is 0 Å². The smallest absolute Gasteiger partial charge is 0.416 e. The third kappa shape index (κ3) is 6.05. The van der Waals surface area contributed by atoms with E-state index in [0.29, 0.717) is 17.0 Å². The number of carbonyl (C=O) groups is 3. The number of hydrogen-bond donors (Lipinski definition) is 1. The first-order valence-electron chi connectivity index (χ1n) is 11.5. The summed E-state index contributed by atoms with van der Waals surface area (Å²) in [6.45, 7) is 1.67. The molecule has 1 aliphatic heterocycles. The number of alkyl halides is 3. The van der Waals surface area contributed by atoms with Crippen molar-refractivity contribution in [1.29, 1.82) is 0 Å². The second-order valence-corrected chi connectivity index (χ2v) is 9.08. The lowest BCUT2D eigenvalue weighted by Crippen LogP contribution is -2.54. The molecule has 40 heavy (non-hydrogen) atoms. The number of nitrogens with zero attached hydrogens (tertiary/aromatic N) is 1. The number of rotatable bonds is 7. The first-order chi connectivity index (χ1) is 18.9. The first kappa shape index (κ1) is 28.9. The number of nitrogens with one attached hydrogen (secondary N) is 1. The van der Waals surface area contributed by atoms with Gasteiger partial charge in [-0.2, -0.15) is 13.2 Å². The molecule has 4 rings (SSSR count). The molecule has 208 valence electrons. The summed E-state index contributed by atoms with van der Waals surface area (Å²) in [4.78, 5) is 38.6. The van der Waals surface area contributed by atoms with Gasteiger partial charge in [0.25, 0.3) is 11.8 Å². The van der Waals surface area contributed by atoms with Crippen LogP contribution >= 0.6 is 23.2 Å². The van der Waals surface area contributed by atoms with E-state index in [1.807, 2.05) is 5.32 Å². The lowest BCUT2D eigenvalue weighted by atomic mass is 10.1. The quantitative estimate of drug-likeness (QED) is 0.184. The van der Waals surface area contributed by atoms with Crippen molar-refractivity contribution >= 4 is 52.8 Å². The summed E-state index contributed by atoms with van der Waals surface area (Å²) < 4.78 is 65.1. The molecule has 7 nitrogen and oxygen atoms in total. The van der Waals surface area contributed by atoms with Gasteiger partial charge in [-0.05, 0) is 55.0 Å². The topological polar surface area (TPSA) is 84.9 Å². The van der Waals surface area contributed by atoms with Gasteiger partial charge in [0, 0.05) is 5.56 Å². The lowest BCUT2D eigenvalue weighted by molar-refractivity contribution is -0.137. The van der Waals surface area contributed by atoms with Gasteiger partial charge in [0.15, 0.2) is 11.5 Å². The van der Waals surface area contributed by atoms with E-state index in [1.165, 1.54) is 30.3 Å². The van der Waals surface area contributed by atoms with E-state index in [9.17, 15) is 31.9 Å². The molecule has 0 saturated carbocycles. The SMILES string of the molecule is CCOc1cc(/C=C2/C(=O)NC(=O)N(c3cc(C(F)(F)F)ccc3Cl)C2=O)cc(Cl)c1OCc1ccccc1F. The largest absolute Gasteiger partial charge is 0.490 e. The maximum atomic E-state index is 14.0. The molecule has 0 bridgehead atoms. The maximum absolute atomic E-state index is 14.0. The Morgan fingerprint density at radius 2 is 1.70 bits per heavy atom. The molecule has 1 heterocycles. The monoisotopic (exact) mass is 596 g/mol. The van der Waals surface area contributed by atoms with Crippen LogP contribution in [0.25, 0.3) is 6.08 Å². The van der Waals surface area contributed by atoms with Gasteiger partial charge in [-0.3, -0.25) is 14.9 Å². The lowest BCUT2D eigenvalue weighted by Gasteiger charge is -2.27. The summed E-state index contributed by atoms with van der Waals surface area (Å²) in [6, 6.07) is 9.49. The maximum Gasteiger partial charge on any atom is 0.416 e. The number of urea groups is 1. The van der Waals surface area contributed by atoms with Gasteiger partial charge in [-0.25, -0.2) is 14.1 Å². The summed E-state index contributed by atoms with van der Waals surface area (Å²) in [5.74, 6) is -2.62. The minimum absolute atomic E-state index is 0.00772. The highest BCUT2D eigenvalue weighted by Gasteiger charge is 2.39. The predicted octanol–water partition coefficient (Wildman–Crippen LogP) is 6.80. The molecule has 4 amide bonds. The Hall–Kier alpha value is -4.09. The van der Waals surface area contributed by atoms with E-state index in [1.54, 1.807) is 13.0 Å². The zero-order valence-corrected chi connectivity index (χ0v) is 22.0. The molecule has 1 aliphatic rings. The number of anilines is 1.